The summed E-state index contributed by atoms with van der Waals surface area (Å²) >= 11 is 1.52. The average molecular weight is 423 g/mol. The van der Waals surface area contributed by atoms with Crippen molar-refractivity contribution < 1.29 is 9.53 Å². The summed E-state index contributed by atoms with van der Waals surface area (Å²) < 4.78 is 6.96. The van der Waals surface area contributed by atoms with Gasteiger partial charge in [0.05, 0.1) is 10.2 Å². The first kappa shape index (κ1) is 18.1. The highest BCUT2D eigenvalue weighted by atomic mass is 32.1. The molecule has 1 aliphatic carbocycles. The summed E-state index contributed by atoms with van der Waals surface area (Å²) in [4.78, 5) is 17.7. The number of fused-ring (bicyclic) bond motifs is 2. The SMILES string of the molecule is O=C(Nc1nc2c(cc3c4c(cccc42)CC3)s1)c1cccc(Oc2ccccc2)c1. The van der Waals surface area contributed by atoms with Gasteiger partial charge in [-0.15, -0.1) is 0 Å². The van der Waals surface area contributed by atoms with Crippen molar-refractivity contribution in [2.45, 2.75) is 12.8 Å². The molecule has 0 saturated carbocycles. The molecule has 0 radical (unpaired) electrons. The van der Waals surface area contributed by atoms with Crippen LogP contribution in [0, 0.1) is 0 Å². The monoisotopic (exact) mass is 422 g/mol. The van der Waals surface area contributed by atoms with E-state index in [2.05, 4.69) is 29.6 Å². The highest BCUT2D eigenvalue weighted by Crippen LogP contribution is 2.39. The third-order valence-electron chi connectivity index (χ3n) is 5.64. The van der Waals surface area contributed by atoms with Crippen molar-refractivity contribution in [2.75, 3.05) is 5.32 Å². The Labute approximate surface area is 183 Å². The molecule has 31 heavy (non-hydrogen) atoms. The Balaban J connectivity index is 1.30. The molecule has 1 aliphatic rings. The van der Waals surface area contributed by atoms with Gasteiger partial charge in [-0.05, 0) is 65.8 Å². The number of aromatic nitrogens is 1. The first-order valence-electron chi connectivity index (χ1n) is 10.2. The molecule has 0 spiro atoms. The van der Waals surface area contributed by atoms with Crippen LogP contribution >= 0.6 is 11.3 Å². The fourth-order valence-corrected chi connectivity index (χ4v) is 5.20. The van der Waals surface area contributed by atoms with Crippen molar-refractivity contribution in [1.29, 1.82) is 0 Å². The van der Waals surface area contributed by atoms with Crippen LogP contribution in [0.2, 0.25) is 0 Å². The van der Waals surface area contributed by atoms with E-state index in [1.54, 1.807) is 12.1 Å². The third-order valence-corrected chi connectivity index (χ3v) is 6.56. The Morgan fingerprint density at radius 1 is 0.871 bits per heavy atom. The molecule has 0 atom stereocenters. The Bertz CT molecular complexity index is 1460. The summed E-state index contributed by atoms with van der Waals surface area (Å²) in [6.45, 7) is 0. The van der Waals surface area contributed by atoms with Gasteiger partial charge in [0.25, 0.3) is 5.91 Å². The number of hydrogen-bond acceptors (Lipinski definition) is 4. The van der Waals surface area contributed by atoms with Crippen LogP contribution in [0.3, 0.4) is 0 Å². The van der Waals surface area contributed by atoms with Crippen molar-refractivity contribution >= 4 is 43.4 Å². The van der Waals surface area contributed by atoms with E-state index in [1.165, 1.54) is 33.2 Å². The molecule has 0 fully saturated rings. The minimum absolute atomic E-state index is 0.199. The molecule has 6 rings (SSSR count). The molecule has 0 unspecified atom stereocenters. The zero-order valence-corrected chi connectivity index (χ0v) is 17.4. The number of carbonyl (C=O) groups excluding carboxylic acids is 1. The molecule has 150 valence electrons. The molecule has 1 aromatic heterocycles. The summed E-state index contributed by atoms with van der Waals surface area (Å²) in [7, 11) is 0. The number of thiazole rings is 1. The molecule has 5 aromatic rings. The number of amides is 1. The third kappa shape index (κ3) is 3.23. The smallest absolute Gasteiger partial charge is 0.257 e. The van der Waals surface area contributed by atoms with E-state index in [9.17, 15) is 4.79 Å². The first-order chi connectivity index (χ1) is 15.2. The van der Waals surface area contributed by atoms with Gasteiger partial charge in [-0.1, -0.05) is 53.8 Å². The molecule has 4 aromatic carbocycles. The van der Waals surface area contributed by atoms with E-state index in [1.807, 2.05) is 42.5 Å². The maximum Gasteiger partial charge on any atom is 0.257 e. The van der Waals surface area contributed by atoms with Crippen molar-refractivity contribution in [3.05, 3.63) is 95.6 Å². The highest BCUT2D eigenvalue weighted by molar-refractivity contribution is 7.22. The Kier molecular flexibility index (Phi) is 4.21. The first-order valence-corrected chi connectivity index (χ1v) is 11.0. The summed E-state index contributed by atoms with van der Waals surface area (Å²) in [5, 5.41) is 6.09. The van der Waals surface area contributed by atoms with Gasteiger partial charge in [-0.25, -0.2) is 4.98 Å². The van der Waals surface area contributed by atoms with Gasteiger partial charge < -0.3 is 4.74 Å². The molecule has 0 aliphatic heterocycles. The van der Waals surface area contributed by atoms with Gasteiger partial charge in [-0.2, -0.15) is 0 Å². The van der Waals surface area contributed by atoms with E-state index in [0.717, 1.165) is 28.8 Å². The lowest BCUT2D eigenvalue weighted by Gasteiger charge is -2.07. The topological polar surface area (TPSA) is 51.2 Å². The quantitative estimate of drug-likeness (QED) is 0.355. The zero-order chi connectivity index (χ0) is 20.8. The molecule has 1 amide bonds. The predicted octanol–water partition coefficient (Wildman–Crippen LogP) is 6.59. The maximum atomic E-state index is 12.9. The van der Waals surface area contributed by atoms with Gasteiger partial charge in [0, 0.05) is 10.9 Å². The van der Waals surface area contributed by atoms with E-state index in [4.69, 9.17) is 9.72 Å². The van der Waals surface area contributed by atoms with Crippen molar-refractivity contribution in [2.24, 2.45) is 0 Å². The normalized spacial score (nSPS) is 12.4. The van der Waals surface area contributed by atoms with Crippen molar-refractivity contribution in [1.82, 2.24) is 4.98 Å². The lowest BCUT2D eigenvalue weighted by Crippen LogP contribution is -2.11. The van der Waals surface area contributed by atoms with Gasteiger partial charge in [0.15, 0.2) is 5.13 Å². The van der Waals surface area contributed by atoms with E-state index in [-0.39, 0.29) is 5.91 Å². The number of carbonyl (C=O) groups is 1. The molecule has 5 heteroatoms. The Morgan fingerprint density at radius 3 is 2.58 bits per heavy atom. The van der Waals surface area contributed by atoms with E-state index < -0.39 is 0 Å². The number of benzene rings is 4. The molecular weight excluding hydrogens is 404 g/mol. The summed E-state index contributed by atoms with van der Waals surface area (Å²) in [5.74, 6) is 1.15. The molecule has 1 N–H and O–H groups in total. The second-order valence-corrected chi connectivity index (χ2v) is 8.67. The second kappa shape index (κ2) is 7.22. The predicted molar refractivity (Wildman–Crippen MR) is 125 cm³/mol. The van der Waals surface area contributed by atoms with Crippen LogP contribution in [0.15, 0.2) is 78.9 Å². The van der Waals surface area contributed by atoms with Crippen LogP contribution in [-0.4, -0.2) is 10.9 Å². The number of nitrogens with zero attached hydrogens (tertiary/aromatic N) is 1. The fourth-order valence-electron chi connectivity index (χ4n) is 4.25. The lowest BCUT2D eigenvalue weighted by atomic mass is 10.0. The van der Waals surface area contributed by atoms with Crippen LogP contribution in [0.1, 0.15) is 21.5 Å². The Hall–Kier alpha value is -3.70. The minimum Gasteiger partial charge on any atom is -0.457 e. The number of hydrogen-bond donors (Lipinski definition) is 1. The number of nitrogens with one attached hydrogen (secondary N) is 1. The lowest BCUT2D eigenvalue weighted by molar-refractivity contribution is 0.102. The van der Waals surface area contributed by atoms with Crippen LogP contribution in [0.25, 0.3) is 21.0 Å². The van der Waals surface area contributed by atoms with Gasteiger partial charge in [0.2, 0.25) is 0 Å². The van der Waals surface area contributed by atoms with Crippen molar-refractivity contribution in [3.63, 3.8) is 0 Å². The van der Waals surface area contributed by atoms with E-state index >= 15 is 0 Å². The zero-order valence-electron chi connectivity index (χ0n) is 16.6. The Morgan fingerprint density at radius 2 is 1.68 bits per heavy atom. The van der Waals surface area contributed by atoms with Crippen LogP contribution in [0.5, 0.6) is 11.5 Å². The second-order valence-electron chi connectivity index (χ2n) is 7.64. The number of anilines is 1. The number of ether oxygens (including phenoxy) is 1. The molecule has 0 bridgehead atoms. The van der Waals surface area contributed by atoms with Crippen LogP contribution in [-0.2, 0) is 12.8 Å². The summed E-state index contributed by atoms with van der Waals surface area (Å²) in [6, 6.07) is 25.4. The maximum absolute atomic E-state index is 12.9. The van der Waals surface area contributed by atoms with Gasteiger partial charge in [0.1, 0.15) is 11.5 Å². The number of para-hydroxylation sites is 1. The minimum atomic E-state index is -0.199. The van der Waals surface area contributed by atoms with E-state index in [0.29, 0.717) is 16.4 Å². The largest absolute Gasteiger partial charge is 0.457 e. The average Bonchev–Trinajstić information content (AvgIpc) is 3.40. The fraction of sp³-hybridized carbons (Fsp3) is 0.0769. The summed E-state index contributed by atoms with van der Waals surface area (Å²) in [6.07, 6.45) is 2.16. The van der Waals surface area contributed by atoms with Crippen molar-refractivity contribution in [3.8, 4) is 11.5 Å². The van der Waals surface area contributed by atoms with Crippen LogP contribution in [0.4, 0.5) is 5.13 Å². The van der Waals surface area contributed by atoms with Gasteiger partial charge >= 0.3 is 0 Å². The molecule has 1 heterocycles. The van der Waals surface area contributed by atoms with Crippen LogP contribution < -0.4 is 10.1 Å². The molecular formula is C26H18N2O2S. The molecule has 0 saturated heterocycles. The summed E-state index contributed by atoms with van der Waals surface area (Å²) in [5.41, 5.74) is 4.26. The number of aryl methyl sites for hydroxylation is 2. The molecule has 4 nitrogen and oxygen atoms in total. The number of rotatable bonds is 4. The highest BCUT2D eigenvalue weighted by Gasteiger charge is 2.19. The standard InChI is InChI=1S/C26H18N2O2S/c29-25(18-7-4-10-20(14-18)30-19-8-2-1-3-9-19)28-26-27-24-21-11-5-6-16-12-13-17(23(16)21)15-22(24)31-26/h1-11,14-15H,12-13H2,(H,27,28,29). The van der Waals surface area contributed by atoms with Gasteiger partial charge in [-0.3, -0.25) is 10.1 Å².